The summed E-state index contributed by atoms with van der Waals surface area (Å²) in [5.41, 5.74) is -0.408. The summed E-state index contributed by atoms with van der Waals surface area (Å²) in [4.78, 5) is 27.8. The molecular formula is C19H22F3NO6. The smallest absolute Gasteiger partial charge is 0.490 e. The molecule has 0 radical (unpaired) electrons. The average molecular weight is 417 g/mol. The van der Waals surface area contributed by atoms with E-state index in [1.54, 1.807) is 0 Å². The Labute approximate surface area is 165 Å². The number of benzene rings is 1. The topological polar surface area (TPSA) is 85.3 Å². The zero-order valence-corrected chi connectivity index (χ0v) is 16.2. The summed E-state index contributed by atoms with van der Waals surface area (Å²) in [5, 5.41) is 10.3. The van der Waals surface area contributed by atoms with Crippen LogP contribution in [-0.2, 0) is 20.8 Å². The van der Waals surface area contributed by atoms with Crippen LogP contribution in [0.25, 0.3) is 0 Å². The van der Waals surface area contributed by atoms with Gasteiger partial charge in [0, 0.05) is 31.0 Å². The predicted octanol–water partition coefficient (Wildman–Crippen LogP) is 3.50. The number of piperidine rings is 1. The molecule has 0 aromatic heterocycles. The first-order chi connectivity index (χ1) is 13.4. The summed E-state index contributed by atoms with van der Waals surface area (Å²) < 4.78 is 47.6. The van der Waals surface area contributed by atoms with Crippen molar-refractivity contribution in [1.29, 1.82) is 0 Å². The van der Waals surface area contributed by atoms with Crippen LogP contribution in [-0.4, -0.2) is 46.7 Å². The van der Waals surface area contributed by atoms with E-state index in [0.717, 1.165) is 6.07 Å². The van der Waals surface area contributed by atoms with E-state index in [9.17, 15) is 22.8 Å². The van der Waals surface area contributed by atoms with Gasteiger partial charge in [-0.15, -0.1) is 13.2 Å². The largest absolute Gasteiger partial charge is 0.573 e. The van der Waals surface area contributed by atoms with E-state index in [0.29, 0.717) is 13.0 Å². The molecule has 7 nitrogen and oxygen atoms in total. The second-order valence-electron chi connectivity index (χ2n) is 7.48. The Morgan fingerprint density at radius 1 is 1.31 bits per heavy atom. The number of carboxylic acids is 1. The van der Waals surface area contributed by atoms with E-state index in [1.807, 2.05) is 26.7 Å². The predicted molar refractivity (Wildman–Crippen MR) is 94.9 cm³/mol. The van der Waals surface area contributed by atoms with E-state index in [1.165, 1.54) is 17.2 Å². The lowest BCUT2D eigenvalue weighted by molar-refractivity contribution is -0.275. The molecule has 1 aromatic rings. The van der Waals surface area contributed by atoms with Gasteiger partial charge in [0.1, 0.15) is 29.2 Å². The van der Waals surface area contributed by atoms with Gasteiger partial charge < -0.3 is 14.6 Å². The summed E-state index contributed by atoms with van der Waals surface area (Å²) in [6.45, 7) is 5.84. The molecule has 0 aliphatic carbocycles. The molecule has 0 bridgehead atoms. The third-order valence-electron chi connectivity index (χ3n) is 3.79. The zero-order chi connectivity index (χ0) is 21.8. The van der Waals surface area contributed by atoms with E-state index in [2.05, 4.69) is 4.74 Å². The average Bonchev–Trinajstić information content (AvgIpc) is 2.55. The number of rotatable bonds is 6. The minimum atomic E-state index is -4.98. The van der Waals surface area contributed by atoms with E-state index in [4.69, 9.17) is 14.7 Å². The van der Waals surface area contributed by atoms with Crippen LogP contribution in [0.1, 0.15) is 39.2 Å². The lowest BCUT2D eigenvalue weighted by Gasteiger charge is -2.36. The Kier molecular flexibility index (Phi) is 6.81. The molecule has 0 amide bonds. The van der Waals surface area contributed by atoms with Gasteiger partial charge in [-0.25, -0.2) is 9.86 Å². The lowest BCUT2D eigenvalue weighted by atomic mass is 10.1. The second-order valence-corrected chi connectivity index (χ2v) is 7.48. The molecule has 160 valence electrons. The Morgan fingerprint density at radius 2 is 2.00 bits per heavy atom. The summed E-state index contributed by atoms with van der Waals surface area (Å²) in [6.07, 6.45) is -5.49. The van der Waals surface area contributed by atoms with Gasteiger partial charge in [-0.3, -0.25) is 9.63 Å². The van der Waals surface area contributed by atoms with Crippen LogP contribution in [0, 0.1) is 0 Å². The van der Waals surface area contributed by atoms with Crippen LogP contribution in [0.4, 0.5) is 13.2 Å². The number of carboxylic acid groups (broad SMARTS) is 1. The van der Waals surface area contributed by atoms with Crippen molar-refractivity contribution in [3.05, 3.63) is 29.5 Å². The number of carbonyl (C=O) groups is 1. The number of ether oxygens (including phenoxy) is 2. The van der Waals surface area contributed by atoms with Crippen LogP contribution >= 0.6 is 0 Å². The number of nitrogens with zero attached hydrogens (tertiary/aromatic N) is 1. The van der Waals surface area contributed by atoms with Crippen molar-refractivity contribution < 1.29 is 42.2 Å². The first-order valence-corrected chi connectivity index (χ1v) is 8.84. The van der Waals surface area contributed by atoms with Crippen molar-refractivity contribution in [2.45, 2.75) is 58.1 Å². The first-order valence-electron chi connectivity index (χ1n) is 8.84. The van der Waals surface area contributed by atoms with Crippen molar-refractivity contribution in [2.24, 2.45) is 0 Å². The van der Waals surface area contributed by atoms with Crippen molar-refractivity contribution in [3.63, 3.8) is 0 Å². The standard InChI is InChI=1S/C19H22F3NO6/c1-18(2,3)29-23-7-6-15(9-13(23)11-24)27-14-5-4-12(8-17(25)26)16(10-14)28-19(20,21)22/h4-5,10,15H,6-9H2,1-3H3,(H,25,26). The van der Waals surface area contributed by atoms with Crippen LogP contribution < -0.4 is 9.47 Å². The van der Waals surface area contributed by atoms with Crippen LogP contribution in [0.15, 0.2) is 23.9 Å². The molecule has 1 unspecified atom stereocenters. The number of alkyl halides is 3. The third-order valence-corrected chi connectivity index (χ3v) is 3.79. The number of aliphatic carboxylic acids is 1. The normalized spacial score (nSPS) is 17.7. The fourth-order valence-electron chi connectivity index (χ4n) is 2.77. The molecule has 2 rings (SSSR count). The van der Waals surface area contributed by atoms with E-state index >= 15 is 0 Å². The molecule has 10 heteroatoms. The molecule has 29 heavy (non-hydrogen) atoms. The molecule has 1 fully saturated rings. The number of halogens is 3. The Hall–Kier alpha value is -2.71. The molecule has 1 aromatic carbocycles. The highest BCUT2D eigenvalue weighted by Crippen LogP contribution is 2.33. The monoisotopic (exact) mass is 417 g/mol. The fraction of sp³-hybridized carbons (Fsp3) is 0.526. The van der Waals surface area contributed by atoms with Gasteiger partial charge in [0.2, 0.25) is 0 Å². The van der Waals surface area contributed by atoms with Crippen molar-refractivity contribution in [2.75, 3.05) is 6.54 Å². The maximum Gasteiger partial charge on any atom is 0.573 e. The summed E-state index contributed by atoms with van der Waals surface area (Å²) in [6, 6.07) is 3.57. The SMILES string of the molecule is CC(C)(C)ON1CCC(Oc2ccc(CC(=O)O)c(OC(F)(F)F)c2)CC1=C=O. The van der Waals surface area contributed by atoms with Gasteiger partial charge in [-0.1, -0.05) is 6.07 Å². The number of hydrogen-bond donors (Lipinski definition) is 1. The van der Waals surface area contributed by atoms with Gasteiger partial charge in [0.25, 0.3) is 0 Å². The number of hydrogen-bond acceptors (Lipinski definition) is 6. The highest BCUT2D eigenvalue weighted by molar-refractivity contribution is 5.71. The Bertz CT molecular complexity index is 796. The summed E-state index contributed by atoms with van der Waals surface area (Å²) >= 11 is 0. The molecule has 1 N–H and O–H groups in total. The lowest BCUT2D eigenvalue weighted by Crippen LogP contribution is -2.41. The van der Waals surface area contributed by atoms with Gasteiger partial charge in [-0.05, 0) is 26.8 Å². The van der Waals surface area contributed by atoms with Gasteiger partial charge in [0.15, 0.2) is 0 Å². The van der Waals surface area contributed by atoms with Gasteiger partial charge >= 0.3 is 12.3 Å². The van der Waals surface area contributed by atoms with Crippen LogP contribution in [0.3, 0.4) is 0 Å². The molecule has 0 spiro atoms. The fourth-order valence-corrected chi connectivity index (χ4v) is 2.77. The molecular weight excluding hydrogens is 395 g/mol. The van der Waals surface area contributed by atoms with Crippen molar-refractivity contribution in [1.82, 2.24) is 5.06 Å². The van der Waals surface area contributed by atoms with Crippen molar-refractivity contribution in [3.8, 4) is 11.5 Å². The molecule has 1 aliphatic heterocycles. The summed E-state index contributed by atoms with van der Waals surface area (Å²) in [5.74, 6) is -0.0527. The Morgan fingerprint density at radius 3 is 2.55 bits per heavy atom. The zero-order valence-electron chi connectivity index (χ0n) is 16.2. The minimum Gasteiger partial charge on any atom is -0.490 e. The van der Waals surface area contributed by atoms with Crippen molar-refractivity contribution >= 4 is 11.9 Å². The highest BCUT2D eigenvalue weighted by atomic mass is 19.4. The van der Waals surface area contributed by atoms with Crippen LogP contribution in [0.2, 0.25) is 0 Å². The molecule has 0 saturated carbocycles. The van der Waals surface area contributed by atoms with E-state index in [-0.39, 0.29) is 23.4 Å². The Balaban J connectivity index is 2.14. The molecule has 1 aliphatic rings. The quantitative estimate of drug-likeness (QED) is 0.709. The van der Waals surface area contributed by atoms with Crippen LogP contribution in [0.5, 0.6) is 11.5 Å². The maximum atomic E-state index is 12.6. The summed E-state index contributed by atoms with van der Waals surface area (Å²) in [7, 11) is 0. The number of hydroxylamine groups is 2. The minimum absolute atomic E-state index is 0.0684. The second kappa shape index (κ2) is 8.75. The molecule has 1 atom stereocenters. The first kappa shape index (κ1) is 22.6. The third kappa shape index (κ3) is 7.32. The van der Waals surface area contributed by atoms with Gasteiger partial charge in [-0.2, -0.15) is 0 Å². The molecule has 1 heterocycles. The van der Waals surface area contributed by atoms with Gasteiger partial charge in [0.05, 0.1) is 12.0 Å². The number of carbonyl (C=O) groups excluding carboxylic acids is 1. The van der Waals surface area contributed by atoms with E-state index < -0.39 is 36.2 Å². The highest BCUT2D eigenvalue weighted by Gasteiger charge is 2.33. The molecule has 1 saturated heterocycles. The maximum absolute atomic E-state index is 12.6.